The van der Waals surface area contributed by atoms with Gasteiger partial charge in [0.05, 0.1) is 25.9 Å². The van der Waals surface area contributed by atoms with Crippen LogP contribution in [-0.2, 0) is 19.1 Å². The molecule has 0 rings (SSSR count). The van der Waals surface area contributed by atoms with Crippen molar-refractivity contribution in [3.8, 4) is 0 Å². The van der Waals surface area contributed by atoms with Crippen molar-refractivity contribution < 1.29 is 19.1 Å². The summed E-state index contributed by atoms with van der Waals surface area (Å²) in [5.41, 5.74) is 0. The first-order valence-electron chi connectivity index (χ1n) is 6.57. The maximum atomic E-state index is 12.0. The number of unbranched alkanes of at least 4 members (excludes halogenated alkanes) is 1. The third kappa shape index (κ3) is 9.78. The van der Waals surface area contributed by atoms with Gasteiger partial charge in [-0.15, -0.1) is 0 Å². The highest BCUT2D eigenvalue weighted by molar-refractivity contribution is 7.99. The van der Waals surface area contributed by atoms with Crippen molar-refractivity contribution >= 4 is 23.6 Å². The molecule has 0 aromatic rings. The zero-order valence-electron chi connectivity index (χ0n) is 12.1. The summed E-state index contributed by atoms with van der Waals surface area (Å²) in [5, 5.41) is 0. The average molecular weight is 291 g/mol. The second-order valence-electron chi connectivity index (χ2n) is 4.11. The Labute approximate surface area is 120 Å². The van der Waals surface area contributed by atoms with E-state index in [0.29, 0.717) is 25.4 Å². The second-order valence-corrected chi connectivity index (χ2v) is 5.21. The van der Waals surface area contributed by atoms with Gasteiger partial charge in [0.2, 0.25) is 5.91 Å². The molecule has 0 unspecified atom stereocenters. The molecule has 19 heavy (non-hydrogen) atoms. The van der Waals surface area contributed by atoms with E-state index in [4.69, 9.17) is 4.74 Å². The van der Waals surface area contributed by atoms with Gasteiger partial charge in [-0.25, -0.2) is 0 Å². The molecule has 0 saturated carbocycles. The summed E-state index contributed by atoms with van der Waals surface area (Å²) in [5.74, 6) is 1.22. The van der Waals surface area contributed by atoms with E-state index in [-0.39, 0.29) is 18.3 Å². The number of methoxy groups -OCH3 is 2. The summed E-state index contributed by atoms with van der Waals surface area (Å²) in [7, 11) is 2.95. The molecule has 0 radical (unpaired) electrons. The van der Waals surface area contributed by atoms with Gasteiger partial charge in [0.1, 0.15) is 0 Å². The normalized spacial score (nSPS) is 10.3. The standard InChI is InChI=1S/C13H25NO4S/c1-4-5-10-19-11-12(15)14(8-9-17-2)7-6-13(16)18-3/h4-11H2,1-3H3. The van der Waals surface area contributed by atoms with Crippen molar-refractivity contribution in [2.45, 2.75) is 26.2 Å². The fraction of sp³-hybridized carbons (Fsp3) is 0.846. The summed E-state index contributed by atoms with van der Waals surface area (Å²) < 4.78 is 9.57. The highest BCUT2D eigenvalue weighted by atomic mass is 32.2. The highest BCUT2D eigenvalue weighted by Crippen LogP contribution is 2.07. The third-order valence-electron chi connectivity index (χ3n) is 2.60. The van der Waals surface area contributed by atoms with Crippen LogP contribution in [0.2, 0.25) is 0 Å². The number of thioether (sulfide) groups is 1. The molecule has 0 aromatic carbocycles. The van der Waals surface area contributed by atoms with Crippen LogP contribution in [0.1, 0.15) is 26.2 Å². The SMILES string of the molecule is CCCCSCC(=O)N(CCOC)CCC(=O)OC. The molecule has 0 aliphatic heterocycles. The second kappa shape index (κ2) is 12.3. The average Bonchev–Trinajstić information content (AvgIpc) is 2.43. The van der Waals surface area contributed by atoms with Crippen LogP contribution in [0.25, 0.3) is 0 Å². The van der Waals surface area contributed by atoms with E-state index in [1.54, 1.807) is 23.8 Å². The molecule has 6 heteroatoms. The van der Waals surface area contributed by atoms with Crippen molar-refractivity contribution in [3.05, 3.63) is 0 Å². The first-order valence-corrected chi connectivity index (χ1v) is 7.72. The van der Waals surface area contributed by atoms with Gasteiger partial charge in [-0.1, -0.05) is 13.3 Å². The highest BCUT2D eigenvalue weighted by Gasteiger charge is 2.14. The smallest absolute Gasteiger partial charge is 0.307 e. The first kappa shape index (κ1) is 18.2. The van der Waals surface area contributed by atoms with Crippen LogP contribution in [0.4, 0.5) is 0 Å². The van der Waals surface area contributed by atoms with E-state index in [1.807, 2.05) is 0 Å². The Hall–Kier alpha value is -0.750. The molecule has 0 aromatic heterocycles. The van der Waals surface area contributed by atoms with Gasteiger partial charge in [0.15, 0.2) is 0 Å². The van der Waals surface area contributed by atoms with E-state index in [1.165, 1.54) is 7.11 Å². The summed E-state index contributed by atoms with van der Waals surface area (Å²) in [6.45, 7) is 3.51. The van der Waals surface area contributed by atoms with E-state index < -0.39 is 0 Å². The summed E-state index contributed by atoms with van der Waals surface area (Å²) >= 11 is 1.64. The Balaban J connectivity index is 4.07. The molecule has 0 saturated heterocycles. The van der Waals surface area contributed by atoms with Gasteiger partial charge < -0.3 is 14.4 Å². The molecular formula is C13H25NO4S. The molecule has 0 N–H and O–H groups in total. The molecule has 0 bridgehead atoms. The van der Waals surface area contributed by atoms with Crippen molar-refractivity contribution in [1.29, 1.82) is 0 Å². The van der Waals surface area contributed by atoms with E-state index >= 15 is 0 Å². The zero-order chi connectivity index (χ0) is 14.5. The fourth-order valence-corrected chi connectivity index (χ4v) is 2.38. The lowest BCUT2D eigenvalue weighted by Crippen LogP contribution is -2.37. The van der Waals surface area contributed by atoms with Crippen molar-refractivity contribution in [1.82, 2.24) is 4.90 Å². The molecule has 0 spiro atoms. The summed E-state index contributed by atoms with van der Waals surface area (Å²) in [4.78, 5) is 24.8. The number of hydrogen-bond donors (Lipinski definition) is 0. The van der Waals surface area contributed by atoms with Crippen LogP contribution < -0.4 is 0 Å². The molecule has 0 fully saturated rings. The predicted octanol–water partition coefficient (Wildman–Crippen LogP) is 1.56. The maximum Gasteiger partial charge on any atom is 0.307 e. The number of nitrogens with zero attached hydrogens (tertiary/aromatic N) is 1. The van der Waals surface area contributed by atoms with E-state index in [0.717, 1.165) is 18.6 Å². The van der Waals surface area contributed by atoms with Crippen LogP contribution in [-0.4, -0.2) is 62.2 Å². The maximum absolute atomic E-state index is 12.0. The summed E-state index contributed by atoms with van der Waals surface area (Å²) in [6.07, 6.45) is 2.49. The van der Waals surface area contributed by atoms with Crippen LogP contribution >= 0.6 is 11.8 Å². The molecule has 1 amide bonds. The van der Waals surface area contributed by atoms with Gasteiger partial charge in [0, 0.05) is 20.2 Å². The molecule has 0 atom stereocenters. The van der Waals surface area contributed by atoms with Crippen LogP contribution in [0.5, 0.6) is 0 Å². The number of carbonyl (C=O) groups is 2. The van der Waals surface area contributed by atoms with Gasteiger partial charge in [-0.3, -0.25) is 9.59 Å². The van der Waals surface area contributed by atoms with Crippen LogP contribution in [0, 0.1) is 0 Å². The number of rotatable bonds is 11. The number of amides is 1. The van der Waals surface area contributed by atoms with Crippen molar-refractivity contribution in [3.63, 3.8) is 0 Å². The van der Waals surface area contributed by atoms with Crippen LogP contribution in [0.3, 0.4) is 0 Å². The van der Waals surface area contributed by atoms with Crippen LogP contribution in [0.15, 0.2) is 0 Å². The van der Waals surface area contributed by atoms with Gasteiger partial charge in [-0.05, 0) is 12.2 Å². The molecule has 0 aliphatic rings. The van der Waals surface area contributed by atoms with Crippen molar-refractivity contribution in [2.24, 2.45) is 0 Å². The molecule has 112 valence electrons. The van der Waals surface area contributed by atoms with E-state index in [9.17, 15) is 9.59 Å². The minimum Gasteiger partial charge on any atom is -0.469 e. The van der Waals surface area contributed by atoms with Gasteiger partial charge in [-0.2, -0.15) is 11.8 Å². The molecular weight excluding hydrogens is 266 g/mol. The fourth-order valence-electron chi connectivity index (χ4n) is 1.39. The minimum atomic E-state index is -0.297. The Morgan fingerprint density at radius 2 is 1.95 bits per heavy atom. The zero-order valence-corrected chi connectivity index (χ0v) is 13.0. The molecule has 5 nitrogen and oxygen atoms in total. The largest absolute Gasteiger partial charge is 0.469 e. The van der Waals surface area contributed by atoms with Crippen molar-refractivity contribution in [2.75, 3.05) is 45.4 Å². The van der Waals surface area contributed by atoms with E-state index in [2.05, 4.69) is 11.7 Å². The topological polar surface area (TPSA) is 55.8 Å². The quantitative estimate of drug-likeness (QED) is 0.427. The predicted molar refractivity (Wildman–Crippen MR) is 77.3 cm³/mol. The summed E-state index contributed by atoms with van der Waals surface area (Å²) in [6, 6.07) is 0. The molecule has 0 heterocycles. The Kier molecular flexibility index (Phi) is 11.8. The first-order chi connectivity index (χ1) is 9.15. The van der Waals surface area contributed by atoms with Gasteiger partial charge in [0.25, 0.3) is 0 Å². The molecule has 0 aliphatic carbocycles. The number of carbonyl (C=O) groups excluding carboxylic acids is 2. The Bertz CT molecular complexity index is 261. The lowest BCUT2D eigenvalue weighted by Gasteiger charge is -2.21. The monoisotopic (exact) mass is 291 g/mol. The lowest BCUT2D eigenvalue weighted by molar-refractivity contribution is -0.141. The number of hydrogen-bond acceptors (Lipinski definition) is 5. The third-order valence-corrected chi connectivity index (χ3v) is 3.63. The number of esters is 1. The Morgan fingerprint density at radius 1 is 1.21 bits per heavy atom. The number of ether oxygens (including phenoxy) is 2. The lowest BCUT2D eigenvalue weighted by atomic mass is 10.3. The minimum absolute atomic E-state index is 0.0575. The Morgan fingerprint density at radius 3 is 2.53 bits per heavy atom. The van der Waals surface area contributed by atoms with Gasteiger partial charge >= 0.3 is 5.97 Å².